The average molecular weight is 212 g/mol. The molecule has 0 aliphatic carbocycles. The zero-order chi connectivity index (χ0) is 11.5. The normalized spacial score (nSPS) is 12.7. The molecule has 90 valence electrons. The Hall–Kier alpha value is -0.330. The molecule has 15 heavy (non-hydrogen) atoms. The summed E-state index contributed by atoms with van der Waals surface area (Å²) in [7, 11) is 0. The molecular formula is C14H28O. The molecule has 0 radical (unpaired) electrons. The fourth-order valence-corrected chi connectivity index (χ4v) is 1.98. The van der Waals surface area contributed by atoms with Crippen LogP contribution in [0.15, 0.2) is 0 Å². The van der Waals surface area contributed by atoms with Crippen molar-refractivity contribution in [1.82, 2.24) is 0 Å². The number of hydrogen-bond acceptors (Lipinski definition) is 1. The predicted octanol–water partition coefficient (Wildman–Crippen LogP) is 4.74. The van der Waals surface area contributed by atoms with Crippen molar-refractivity contribution in [1.29, 1.82) is 0 Å². The summed E-state index contributed by atoms with van der Waals surface area (Å²) < 4.78 is 0. The van der Waals surface area contributed by atoms with Gasteiger partial charge in [0, 0.05) is 12.8 Å². The highest BCUT2D eigenvalue weighted by atomic mass is 16.1. The molecule has 0 aromatic heterocycles. The smallest absolute Gasteiger partial charge is 0.132 e. The molecule has 0 amide bonds. The molecule has 0 fully saturated rings. The topological polar surface area (TPSA) is 17.1 Å². The number of Topliss-reactive ketones (excluding diaryl/α,β-unsaturated/α-hetero) is 1. The van der Waals surface area contributed by atoms with Crippen LogP contribution in [0.4, 0.5) is 0 Å². The van der Waals surface area contributed by atoms with Crippen LogP contribution in [0.3, 0.4) is 0 Å². The summed E-state index contributed by atoms with van der Waals surface area (Å²) in [4.78, 5) is 11.5. The molecule has 0 N–H and O–H groups in total. The van der Waals surface area contributed by atoms with Gasteiger partial charge in [0.2, 0.25) is 0 Å². The van der Waals surface area contributed by atoms with Crippen LogP contribution >= 0.6 is 0 Å². The van der Waals surface area contributed by atoms with Crippen molar-refractivity contribution in [3.05, 3.63) is 0 Å². The first-order valence-corrected chi connectivity index (χ1v) is 6.72. The molecule has 1 atom stereocenters. The molecule has 0 aromatic rings. The monoisotopic (exact) mass is 212 g/mol. The molecule has 0 bridgehead atoms. The molecule has 0 saturated carbocycles. The molecule has 1 nitrogen and oxygen atoms in total. The van der Waals surface area contributed by atoms with E-state index in [9.17, 15) is 4.79 Å². The van der Waals surface area contributed by atoms with Crippen LogP contribution < -0.4 is 0 Å². The van der Waals surface area contributed by atoms with Gasteiger partial charge < -0.3 is 0 Å². The third-order valence-electron chi connectivity index (χ3n) is 2.99. The van der Waals surface area contributed by atoms with Crippen LogP contribution in [-0.4, -0.2) is 5.78 Å². The Morgan fingerprint density at radius 2 is 1.60 bits per heavy atom. The van der Waals surface area contributed by atoms with Gasteiger partial charge in [0.1, 0.15) is 5.78 Å². The molecular weight excluding hydrogens is 184 g/mol. The zero-order valence-corrected chi connectivity index (χ0v) is 10.8. The second-order valence-electron chi connectivity index (χ2n) is 4.78. The molecule has 0 rings (SSSR count). The lowest BCUT2D eigenvalue weighted by molar-refractivity contribution is -0.119. The van der Waals surface area contributed by atoms with E-state index in [1.165, 1.54) is 32.1 Å². The lowest BCUT2D eigenvalue weighted by atomic mass is 9.97. The number of ketones is 1. The Morgan fingerprint density at radius 1 is 0.933 bits per heavy atom. The van der Waals surface area contributed by atoms with Crippen molar-refractivity contribution in [2.24, 2.45) is 5.92 Å². The predicted molar refractivity (Wildman–Crippen MR) is 67.1 cm³/mol. The third-order valence-corrected chi connectivity index (χ3v) is 2.99. The molecule has 1 heteroatoms. The van der Waals surface area contributed by atoms with Gasteiger partial charge in [-0.1, -0.05) is 52.9 Å². The van der Waals surface area contributed by atoms with Crippen LogP contribution in [-0.2, 0) is 4.79 Å². The van der Waals surface area contributed by atoms with Gasteiger partial charge in [-0.15, -0.1) is 0 Å². The van der Waals surface area contributed by atoms with Gasteiger partial charge in [0.15, 0.2) is 0 Å². The minimum Gasteiger partial charge on any atom is -0.300 e. The number of rotatable bonds is 10. The fraction of sp³-hybridized carbons (Fsp3) is 0.929. The maximum Gasteiger partial charge on any atom is 0.132 e. The van der Waals surface area contributed by atoms with E-state index in [0.717, 1.165) is 31.6 Å². The number of unbranched alkanes of at least 4 members (excludes halogenated alkanes) is 2. The Bertz CT molecular complexity index is 151. The maximum absolute atomic E-state index is 11.5. The third kappa shape index (κ3) is 9.96. The van der Waals surface area contributed by atoms with E-state index >= 15 is 0 Å². The van der Waals surface area contributed by atoms with Crippen LogP contribution in [0, 0.1) is 5.92 Å². The Balaban J connectivity index is 3.30. The van der Waals surface area contributed by atoms with Gasteiger partial charge in [-0.25, -0.2) is 0 Å². The molecule has 0 aliphatic rings. The quantitative estimate of drug-likeness (QED) is 0.478. The van der Waals surface area contributed by atoms with Crippen LogP contribution in [0.5, 0.6) is 0 Å². The summed E-state index contributed by atoms with van der Waals surface area (Å²) in [5.41, 5.74) is 0. The van der Waals surface area contributed by atoms with Gasteiger partial charge >= 0.3 is 0 Å². The molecule has 0 aromatic carbocycles. The van der Waals surface area contributed by atoms with E-state index in [1.54, 1.807) is 0 Å². The van der Waals surface area contributed by atoms with Crippen molar-refractivity contribution in [2.75, 3.05) is 0 Å². The highest BCUT2D eigenvalue weighted by molar-refractivity contribution is 5.78. The van der Waals surface area contributed by atoms with E-state index in [1.807, 2.05) is 0 Å². The van der Waals surface area contributed by atoms with Gasteiger partial charge in [-0.2, -0.15) is 0 Å². The molecule has 0 spiro atoms. The van der Waals surface area contributed by atoms with E-state index in [2.05, 4.69) is 20.8 Å². The van der Waals surface area contributed by atoms with E-state index < -0.39 is 0 Å². The first kappa shape index (κ1) is 14.7. The van der Waals surface area contributed by atoms with Crippen molar-refractivity contribution < 1.29 is 4.79 Å². The molecule has 0 saturated heterocycles. The van der Waals surface area contributed by atoms with E-state index in [-0.39, 0.29) is 0 Å². The standard InChI is InChI=1S/C14H28O/c1-4-6-7-11-14(15)12-8-10-13(3)9-5-2/h13H,4-12H2,1-3H3. The number of carbonyl (C=O) groups excluding carboxylic acids is 1. The second-order valence-corrected chi connectivity index (χ2v) is 4.78. The summed E-state index contributed by atoms with van der Waals surface area (Å²) in [6.45, 7) is 6.70. The average Bonchev–Trinajstić information content (AvgIpc) is 2.18. The highest BCUT2D eigenvalue weighted by Gasteiger charge is 2.04. The summed E-state index contributed by atoms with van der Waals surface area (Å²) in [5, 5.41) is 0. The number of hydrogen-bond donors (Lipinski definition) is 0. The summed E-state index contributed by atoms with van der Waals surface area (Å²) >= 11 is 0. The first-order chi connectivity index (χ1) is 7.20. The summed E-state index contributed by atoms with van der Waals surface area (Å²) in [5.74, 6) is 1.28. The summed E-state index contributed by atoms with van der Waals surface area (Å²) in [6, 6.07) is 0. The van der Waals surface area contributed by atoms with Gasteiger partial charge in [-0.05, 0) is 18.8 Å². The molecule has 0 aliphatic heterocycles. The summed E-state index contributed by atoms with van der Waals surface area (Å²) in [6.07, 6.45) is 10.1. The van der Waals surface area contributed by atoms with Crippen LogP contribution in [0.1, 0.15) is 78.6 Å². The van der Waals surface area contributed by atoms with Crippen molar-refractivity contribution in [3.63, 3.8) is 0 Å². The van der Waals surface area contributed by atoms with Gasteiger partial charge in [0.05, 0.1) is 0 Å². The number of carbonyl (C=O) groups is 1. The highest BCUT2D eigenvalue weighted by Crippen LogP contribution is 2.14. The zero-order valence-electron chi connectivity index (χ0n) is 10.8. The molecule has 0 heterocycles. The SMILES string of the molecule is CCCCCC(=O)CCCC(C)CCC. The Labute approximate surface area is 95.6 Å². The minimum absolute atomic E-state index is 0.479. The van der Waals surface area contributed by atoms with Crippen molar-refractivity contribution in [2.45, 2.75) is 78.6 Å². The van der Waals surface area contributed by atoms with Crippen molar-refractivity contribution in [3.8, 4) is 0 Å². The van der Waals surface area contributed by atoms with E-state index in [0.29, 0.717) is 5.78 Å². The van der Waals surface area contributed by atoms with Crippen LogP contribution in [0.2, 0.25) is 0 Å². The first-order valence-electron chi connectivity index (χ1n) is 6.72. The molecule has 1 unspecified atom stereocenters. The van der Waals surface area contributed by atoms with Gasteiger partial charge in [-0.3, -0.25) is 4.79 Å². The largest absolute Gasteiger partial charge is 0.300 e. The minimum atomic E-state index is 0.479. The van der Waals surface area contributed by atoms with Crippen LogP contribution in [0.25, 0.3) is 0 Å². The van der Waals surface area contributed by atoms with Gasteiger partial charge in [0.25, 0.3) is 0 Å². The second kappa shape index (κ2) is 10.2. The van der Waals surface area contributed by atoms with E-state index in [4.69, 9.17) is 0 Å². The Kier molecular flexibility index (Phi) is 9.97. The fourth-order valence-electron chi connectivity index (χ4n) is 1.98. The van der Waals surface area contributed by atoms with Crippen molar-refractivity contribution >= 4 is 5.78 Å². The maximum atomic E-state index is 11.5. The lowest BCUT2D eigenvalue weighted by Crippen LogP contribution is -2.00. The lowest BCUT2D eigenvalue weighted by Gasteiger charge is -2.08. The Morgan fingerprint density at radius 3 is 2.20 bits per heavy atom.